The van der Waals surface area contributed by atoms with Crippen molar-refractivity contribution in [1.82, 2.24) is 14.9 Å². The van der Waals surface area contributed by atoms with Crippen molar-refractivity contribution in [2.24, 2.45) is 5.92 Å². The third kappa shape index (κ3) is 10.7. The summed E-state index contributed by atoms with van der Waals surface area (Å²) in [5.74, 6) is 1.20. The highest BCUT2D eigenvalue weighted by Gasteiger charge is 2.42. The Morgan fingerprint density at radius 2 is 1.02 bits per heavy atom. The molecule has 1 aromatic heterocycles. The zero-order chi connectivity index (χ0) is 33.6. The Bertz CT molecular complexity index is 1530. The molecule has 12 nitrogen and oxygen atoms in total. The molecule has 1 fully saturated rings. The van der Waals surface area contributed by atoms with Gasteiger partial charge in [0.2, 0.25) is 5.95 Å². The van der Waals surface area contributed by atoms with Gasteiger partial charge in [0.15, 0.2) is 0 Å². The fourth-order valence-electron chi connectivity index (χ4n) is 5.57. The van der Waals surface area contributed by atoms with E-state index in [2.05, 4.69) is 126 Å². The highest BCUT2D eigenvalue weighted by atomic mass is 32.3. The van der Waals surface area contributed by atoms with E-state index in [0.717, 1.165) is 52.9 Å². The van der Waals surface area contributed by atoms with Gasteiger partial charge >= 0.3 is 20.8 Å². The van der Waals surface area contributed by atoms with Crippen molar-refractivity contribution in [3.8, 4) is 0 Å². The molecule has 5 rings (SSSR count). The highest BCUT2D eigenvalue weighted by molar-refractivity contribution is 7.81. The first-order chi connectivity index (χ1) is 21.9. The number of rotatable bonds is 9. The molecule has 0 radical (unpaired) electrons. The molecule has 14 heteroatoms. The van der Waals surface area contributed by atoms with Gasteiger partial charge in [0, 0.05) is 50.5 Å². The molecule has 2 N–H and O–H groups in total. The quantitative estimate of drug-likeness (QED) is 0.194. The van der Waals surface area contributed by atoms with Crippen LogP contribution in [0.2, 0.25) is 0 Å². The number of aromatic nitrogens is 2. The van der Waals surface area contributed by atoms with Gasteiger partial charge in [-0.2, -0.15) is 16.8 Å². The van der Waals surface area contributed by atoms with Crippen LogP contribution in [0.15, 0.2) is 109 Å². The molecule has 1 aliphatic heterocycles. The molecule has 1 unspecified atom stereocenters. The normalized spacial score (nSPS) is 14.7. The summed E-state index contributed by atoms with van der Waals surface area (Å²) in [6, 6.07) is 35.0. The lowest BCUT2D eigenvalue weighted by atomic mass is 9.62. The van der Waals surface area contributed by atoms with E-state index in [-0.39, 0.29) is 5.41 Å². The minimum atomic E-state index is -4.16. The molecule has 46 heavy (non-hydrogen) atoms. The molecular formula is C32H40N4O8S2. The van der Waals surface area contributed by atoms with Crippen LogP contribution >= 0.6 is 0 Å². The summed E-state index contributed by atoms with van der Waals surface area (Å²) in [7, 11) is -6.58. The molecular weight excluding hydrogens is 633 g/mol. The standard InChI is InChI=1S/C30H32N4.2CH4O4S/c1-25(24-33-20-22-34(23-21-33)29-31-18-11-19-32-29)30(26-12-5-2-6-13-26,27-14-7-3-8-15-27)28-16-9-4-10-17-28;2*1-5-6(2,3)4/h2-19,25H,20-24H2,1H3;2*1H3,(H,2,3,4). The molecule has 3 aromatic carbocycles. The molecule has 1 saturated heterocycles. The molecule has 1 atom stereocenters. The van der Waals surface area contributed by atoms with E-state index in [0.29, 0.717) is 5.92 Å². The number of benzene rings is 3. The molecule has 2 heterocycles. The van der Waals surface area contributed by atoms with Gasteiger partial charge in [0.1, 0.15) is 0 Å². The Balaban J connectivity index is 0.000000410. The predicted molar refractivity (Wildman–Crippen MR) is 176 cm³/mol. The van der Waals surface area contributed by atoms with Gasteiger partial charge in [0.25, 0.3) is 0 Å². The lowest BCUT2D eigenvalue weighted by Gasteiger charge is -2.44. The maximum atomic E-state index is 9.33. The van der Waals surface area contributed by atoms with E-state index < -0.39 is 20.8 Å². The van der Waals surface area contributed by atoms with Gasteiger partial charge in [-0.25, -0.2) is 9.97 Å². The topological polar surface area (TPSA) is 159 Å². The molecule has 0 spiro atoms. The van der Waals surface area contributed by atoms with E-state index in [4.69, 9.17) is 9.11 Å². The zero-order valence-electron chi connectivity index (χ0n) is 26.0. The van der Waals surface area contributed by atoms with Crippen molar-refractivity contribution in [1.29, 1.82) is 0 Å². The predicted octanol–water partition coefficient (Wildman–Crippen LogP) is 4.14. The molecule has 0 aliphatic carbocycles. The second-order valence-electron chi connectivity index (χ2n) is 10.3. The van der Waals surface area contributed by atoms with Crippen LogP contribution in [-0.2, 0) is 34.6 Å². The largest absolute Gasteiger partial charge is 0.397 e. The smallest absolute Gasteiger partial charge is 0.338 e. The average Bonchev–Trinajstić information content (AvgIpc) is 3.07. The first kappa shape index (κ1) is 36.7. The number of anilines is 1. The summed E-state index contributed by atoms with van der Waals surface area (Å²) in [6.45, 7) is 7.35. The highest BCUT2D eigenvalue weighted by Crippen LogP contribution is 2.45. The molecule has 248 valence electrons. The summed E-state index contributed by atoms with van der Waals surface area (Å²) >= 11 is 0. The maximum Gasteiger partial charge on any atom is 0.397 e. The van der Waals surface area contributed by atoms with E-state index in [1.165, 1.54) is 16.7 Å². The van der Waals surface area contributed by atoms with E-state index in [1.807, 2.05) is 18.5 Å². The maximum absolute atomic E-state index is 9.33. The van der Waals surface area contributed by atoms with Crippen molar-refractivity contribution in [2.45, 2.75) is 12.3 Å². The van der Waals surface area contributed by atoms with E-state index in [1.54, 1.807) is 0 Å². The fourth-order valence-corrected chi connectivity index (χ4v) is 5.57. The molecule has 4 aromatic rings. The van der Waals surface area contributed by atoms with Crippen LogP contribution in [0.5, 0.6) is 0 Å². The molecule has 1 aliphatic rings. The summed E-state index contributed by atoms with van der Waals surface area (Å²) < 4.78 is 59.4. The number of nitrogens with zero attached hydrogens (tertiary/aromatic N) is 4. The second-order valence-corrected chi connectivity index (χ2v) is 12.7. The van der Waals surface area contributed by atoms with Crippen LogP contribution < -0.4 is 4.90 Å². The third-order valence-corrected chi connectivity index (χ3v) is 8.43. The van der Waals surface area contributed by atoms with Crippen molar-refractivity contribution in [3.05, 3.63) is 126 Å². The van der Waals surface area contributed by atoms with Crippen LogP contribution in [0.25, 0.3) is 0 Å². The number of hydrogen-bond donors (Lipinski definition) is 2. The van der Waals surface area contributed by atoms with Crippen LogP contribution in [0.3, 0.4) is 0 Å². The minimum Gasteiger partial charge on any atom is -0.338 e. The molecule has 0 bridgehead atoms. The van der Waals surface area contributed by atoms with Crippen molar-refractivity contribution in [3.63, 3.8) is 0 Å². The first-order valence-corrected chi connectivity index (χ1v) is 17.1. The zero-order valence-corrected chi connectivity index (χ0v) is 27.6. The Morgan fingerprint density at radius 1 is 0.674 bits per heavy atom. The monoisotopic (exact) mass is 672 g/mol. The van der Waals surface area contributed by atoms with Crippen LogP contribution in [0, 0.1) is 5.92 Å². The summed E-state index contributed by atoms with van der Waals surface area (Å²) in [5.41, 5.74) is 3.80. The third-order valence-electron chi connectivity index (χ3n) is 7.59. The second kappa shape index (κ2) is 17.2. The number of piperazine rings is 1. The Labute approximate surface area is 271 Å². The Kier molecular flexibility index (Phi) is 13.8. The van der Waals surface area contributed by atoms with Crippen molar-refractivity contribution in [2.75, 3.05) is 51.8 Å². The summed E-state index contributed by atoms with van der Waals surface area (Å²) in [4.78, 5) is 13.8. The first-order valence-electron chi connectivity index (χ1n) is 14.4. The van der Waals surface area contributed by atoms with Gasteiger partial charge < -0.3 is 4.90 Å². The van der Waals surface area contributed by atoms with Gasteiger partial charge in [-0.1, -0.05) is 97.9 Å². The van der Waals surface area contributed by atoms with E-state index >= 15 is 0 Å². The Hall–Kier alpha value is -3.76. The minimum absolute atomic E-state index is 0.233. The van der Waals surface area contributed by atoms with Crippen molar-refractivity contribution < 1.29 is 34.3 Å². The van der Waals surface area contributed by atoms with Gasteiger partial charge in [0.05, 0.1) is 14.2 Å². The van der Waals surface area contributed by atoms with Gasteiger partial charge in [-0.3, -0.25) is 22.4 Å². The summed E-state index contributed by atoms with van der Waals surface area (Å²) in [6.07, 6.45) is 3.65. The van der Waals surface area contributed by atoms with Crippen LogP contribution in [0.4, 0.5) is 5.95 Å². The lowest BCUT2D eigenvalue weighted by molar-refractivity contribution is 0.198. The fraction of sp³-hybridized carbons (Fsp3) is 0.312. The van der Waals surface area contributed by atoms with Crippen LogP contribution in [0.1, 0.15) is 23.6 Å². The van der Waals surface area contributed by atoms with Crippen LogP contribution in [-0.4, -0.2) is 87.8 Å². The average molecular weight is 673 g/mol. The van der Waals surface area contributed by atoms with Gasteiger partial charge in [-0.15, -0.1) is 0 Å². The molecule has 0 saturated carbocycles. The summed E-state index contributed by atoms with van der Waals surface area (Å²) in [5, 5.41) is 0. The Morgan fingerprint density at radius 3 is 1.35 bits per heavy atom. The number of hydrogen-bond acceptors (Lipinski definition) is 10. The van der Waals surface area contributed by atoms with E-state index in [9.17, 15) is 16.8 Å². The lowest BCUT2D eigenvalue weighted by Crippen LogP contribution is -2.50. The SMILES string of the molecule is CC(CN1CCN(c2ncccn2)CC1)C(c1ccccc1)(c1ccccc1)c1ccccc1.COS(=O)(=O)O.COS(=O)(=O)O. The van der Waals surface area contributed by atoms with Crippen molar-refractivity contribution >= 4 is 26.7 Å². The molecule has 0 amide bonds. The van der Waals surface area contributed by atoms with Gasteiger partial charge in [-0.05, 0) is 28.7 Å².